The Morgan fingerprint density at radius 2 is 1.93 bits per heavy atom. The first-order valence-corrected chi connectivity index (χ1v) is 15.7. The van der Waals surface area contributed by atoms with Gasteiger partial charge in [-0.25, -0.2) is 24.5 Å². The Kier molecular flexibility index (Phi) is 7.82. The lowest BCUT2D eigenvalue weighted by Crippen LogP contribution is -2.55. The molecule has 232 valence electrons. The third-order valence-electron chi connectivity index (χ3n) is 8.75. The normalized spacial score (nSPS) is 23.5. The Balaban J connectivity index is 1.18. The van der Waals surface area contributed by atoms with Crippen molar-refractivity contribution in [2.45, 2.75) is 93.0 Å². The number of hydrogen-bond acceptors (Lipinski definition) is 12. The van der Waals surface area contributed by atoms with Gasteiger partial charge in [0.15, 0.2) is 23.1 Å². The maximum Gasteiger partial charge on any atom is 0.407 e. The Hall–Kier alpha value is -3.32. The Bertz CT molecular complexity index is 1390. The fourth-order valence-corrected chi connectivity index (χ4v) is 7.07. The summed E-state index contributed by atoms with van der Waals surface area (Å²) in [6, 6.07) is 1.70. The molecular formula is C30H40N6O6S. The summed E-state index contributed by atoms with van der Waals surface area (Å²) in [4.78, 5) is 42.4. The number of carbonyl (C=O) groups excluding carboxylic acids is 2. The maximum atomic E-state index is 12.9. The largest absolute Gasteiger partial charge is 0.488 e. The van der Waals surface area contributed by atoms with Crippen molar-refractivity contribution in [1.82, 2.24) is 20.3 Å². The van der Waals surface area contributed by atoms with E-state index in [1.807, 2.05) is 33.8 Å². The van der Waals surface area contributed by atoms with Crippen molar-refractivity contribution >= 4 is 35.5 Å². The Morgan fingerprint density at radius 1 is 1.16 bits per heavy atom. The number of piperidine rings is 1. The fraction of sp³-hybridized carbons (Fsp3) is 0.633. The SMILES string of the molecule is COC(=O)c1nc(Sc2ccnc3c2OCCC2(CC2)N3)cnc1N1CCC2(CC1)CO[C@@H](C)[C@H]2NC(=O)OC(C)(C)C. The van der Waals surface area contributed by atoms with Gasteiger partial charge in [0.25, 0.3) is 0 Å². The molecule has 0 unspecified atom stereocenters. The molecule has 2 saturated heterocycles. The van der Waals surface area contributed by atoms with Gasteiger partial charge in [-0.1, -0.05) is 11.8 Å². The van der Waals surface area contributed by atoms with Crippen molar-refractivity contribution in [3.8, 4) is 5.75 Å². The first kappa shape index (κ1) is 29.7. The van der Waals surface area contributed by atoms with E-state index in [4.69, 9.17) is 28.9 Å². The van der Waals surface area contributed by atoms with Crippen molar-refractivity contribution in [2.24, 2.45) is 5.41 Å². The fourth-order valence-electron chi connectivity index (χ4n) is 6.23. The average molecular weight is 613 g/mol. The molecule has 6 rings (SSSR count). The first-order valence-electron chi connectivity index (χ1n) is 14.9. The molecule has 1 aliphatic carbocycles. The molecule has 3 fully saturated rings. The summed E-state index contributed by atoms with van der Waals surface area (Å²) in [7, 11) is 1.35. The molecule has 2 aromatic heterocycles. The van der Waals surface area contributed by atoms with Gasteiger partial charge in [0.1, 0.15) is 10.6 Å². The summed E-state index contributed by atoms with van der Waals surface area (Å²) in [5, 5.41) is 7.20. The summed E-state index contributed by atoms with van der Waals surface area (Å²) in [6.45, 7) is 9.91. The van der Waals surface area contributed by atoms with Crippen molar-refractivity contribution < 1.29 is 28.5 Å². The van der Waals surface area contributed by atoms with E-state index in [-0.39, 0.29) is 28.8 Å². The third-order valence-corrected chi connectivity index (χ3v) is 9.70. The number of nitrogens with one attached hydrogen (secondary N) is 2. The number of hydrogen-bond donors (Lipinski definition) is 2. The lowest BCUT2D eigenvalue weighted by atomic mass is 9.73. The minimum Gasteiger partial charge on any atom is -0.488 e. The van der Waals surface area contributed by atoms with E-state index in [9.17, 15) is 9.59 Å². The van der Waals surface area contributed by atoms with Gasteiger partial charge < -0.3 is 34.5 Å². The molecule has 1 saturated carbocycles. The summed E-state index contributed by atoms with van der Waals surface area (Å²) in [5.74, 6) is 1.38. The van der Waals surface area contributed by atoms with Crippen LogP contribution in [0.25, 0.3) is 0 Å². The molecule has 13 heteroatoms. The van der Waals surface area contributed by atoms with Crippen molar-refractivity contribution in [3.63, 3.8) is 0 Å². The summed E-state index contributed by atoms with van der Waals surface area (Å²) >= 11 is 1.38. The van der Waals surface area contributed by atoms with Crippen LogP contribution in [0.3, 0.4) is 0 Å². The van der Waals surface area contributed by atoms with E-state index in [0.717, 1.165) is 42.8 Å². The number of amides is 1. The van der Waals surface area contributed by atoms with E-state index < -0.39 is 17.7 Å². The van der Waals surface area contributed by atoms with E-state index in [2.05, 4.69) is 20.5 Å². The van der Waals surface area contributed by atoms with Crippen LogP contribution < -0.4 is 20.3 Å². The number of pyridine rings is 1. The van der Waals surface area contributed by atoms with Crippen molar-refractivity contribution in [1.29, 1.82) is 0 Å². The number of anilines is 2. The van der Waals surface area contributed by atoms with E-state index in [0.29, 0.717) is 42.9 Å². The number of nitrogens with zero attached hydrogens (tertiary/aromatic N) is 4. The zero-order valence-corrected chi connectivity index (χ0v) is 26.2. The van der Waals surface area contributed by atoms with Gasteiger partial charge >= 0.3 is 12.1 Å². The molecule has 0 aromatic carbocycles. The van der Waals surface area contributed by atoms with E-state index in [1.165, 1.54) is 18.9 Å². The maximum absolute atomic E-state index is 12.9. The van der Waals surface area contributed by atoms with Crippen LogP contribution in [0.1, 0.15) is 70.3 Å². The molecule has 2 spiro atoms. The molecule has 12 nitrogen and oxygen atoms in total. The van der Waals surface area contributed by atoms with Crippen LogP contribution in [0.15, 0.2) is 28.4 Å². The molecule has 43 heavy (non-hydrogen) atoms. The molecular weight excluding hydrogens is 572 g/mol. The van der Waals surface area contributed by atoms with Gasteiger partial charge in [0.05, 0.1) is 43.6 Å². The molecule has 2 aromatic rings. The van der Waals surface area contributed by atoms with Crippen molar-refractivity contribution in [3.05, 3.63) is 24.2 Å². The number of aromatic nitrogens is 3. The quantitative estimate of drug-likeness (QED) is 0.462. The highest BCUT2D eigenvalue weighted by Gasteiger charge is 2.51. The number of rotatable bonds is 5. The number of fused-ring (bicyclic) bond motifs is 1. The minimum atomic E-state index is -0.587. The highest BCUT2D eigenvalue weighted by molar-refractivity contribution is 7.99. The van der Waals surface area contributed by atoms with E-state index in [1.54, 1.807) is 12.4 Å². The zero-order valence-electron chi connectivity index (χ0n) is 25.4. The van der Waals surface area contributed by atoms with Crippen LogP contribution >= 0.6 is 11.8 Å². The second-order valence-corrected chi connectivity index (χ2v) is 14.0. The number of ether oxygens (including phenoxy) is 4. The van der Waals surface area contributed by atoms with Gasteiger partial charge in [0.2, 0.25) is 0 Å². The number of esters is 1. The standard InChI is InChI=1S/C30H40N6O6S/c1-18-23(34-27(38)42-28(2,3)4)29(17-41-18)9-13-36(14-10-29)25-21(26(37)39-5)33-20(16-32-25)43-19-6-12-31-24-22(19)40-15-11-30(35-24)7-8-30/h6,12,16,18,23H,7-11,13-15,17H2,1-5H3,(H,31,35)(H,34,38)/t18-,23+/m0/s1. The van der Waals surface area contributed by atoms with Crippen LogP contribution in [-0.4, -0.2) is 83.7 Å². The van der Waals surface area contributed by atoms with Crippen LogP contribution in [0.5, 0.6) is 5.75 Å². The Morgan fingerprint density at radius 3 is 2.63 bits per heavy atom. The third kappa shape index (κ3) is 6.19. The average Bonchev–Trinajstić information content (AvgIpc) is 3.71. The number of carbonyl (C=O) groups is 2. The highest BCUT2D eigenvalue weighted by Crippen LogP contribution is 2.48. The predicted octanol–water partition coefficient (Wildman–Crippen LogP) is 4.44. The summed E-state index contributed by atoms with van der Waals surface area (Å²) in [5.41, 5.74) is -0.564. The Labute approximate surface area is 256 Å². The summed E-state index contributed by atoms with van der Waals surface area (Å²) < 4.78 is 22.8. The second-order valence-electron chi connectivity index (χ2n) is 13.0. The highest BCUT2D eigenvalue weighted by atomic mass is 32.2. The first-order chi connectivity index (χ1) is 20.5. The lowest BCUT2D eigenvalue weighted by Gasteiger charge is -2.43. The molecule has 0 radical (unpaired) electrons. The molecule has 1 amide bonds. The molecule has 2 atom stereocenters. The van der Waals surface area contributed by atoms with Crippen molar-refractivity contribution in [2.75, 3.05) is 43.6 Å². The van der Waals surface area contributed by atoms with Crippen LogP contribution in [0.2, 0.25) is 0 Å². The number of methoxy groups -OCH3 is 1. The predicted molar refractivity (Wildman–Crippen MR) is 160 cm³/mol. The molecule has 4 aliphatic rings. The monoisotopic (exact) mass is 612 g/mol. The molecule has 3 aliphatic heterocycles. The van der Waals surface area contributed by atoms with Gasteiger partial charge in [-0.2, -0.15) is 0 Å². The van der Waals surface area contributed by atoms with Gasteiger partial charge in [-0.3, -0.25) is 0 Å². The van der Waals surface area contributed by atoms with Crippen LogP contribution in [-0.2, 0) is 14.2 Å². The smallest absolute Gasteiger partial charge is 0.407 e. The second kappa shape index (κ2) is 11.3. The number of alkyl carbamates (subject to hydrolysis) is 1. The van der Waals surface area contributed by atoms with E-state index >= 15 is 0 Å². The molecule has 2 N–H and O–H groups in total. The zero-order chi connectivity index (χ0) is 30.4. The summed E-state index contributed by atoms with van der Waals surface area (Å²) in [6.07, 6.45) is 7.52. The van der Waals surface area contributed by atoms with Crippen LogP contribution in [0, 0.1) is 5.41 Å². The van der Waals surface area contributed by atoms with Gasteiger partial charge in [0, 0.05) is 36.7 Å². The molecule has 0 bridgehead atoms. The topological polar surface area (TPSA) is 137 Å². The molecule has 5 heterocycles. The van der Waals surface area contributed by atoms with Crippen LogP contribution in [0.4, 0.5) is 16.4 Å². The van der Waals surface area contributed by atoms with Gasteiger partial charge in [-0.15, -0.1) is 0 Å². The lowest BCUT2D eigenvalue weighted by molar-refractivity contribution is 0.0433. The van der Waals surface area contributed by atoms with Gasteiger partial charge in [-0.05, 0) is 59.4 Å². The minimum absolute atomic E-state index is 0.0997.